The third-order valence-electron chi connectivity index (χ3n) is 3.62. The number of primary amides is 1. The number of nitrogens with zero attached hydrogens (tertiary/aromatic N) is 1. The van der Waals surface area contributed by atoms with Crippen LogP contribution in [0.1, 0.15) is 5.56 Å². The number of carbonyl (C=O) groups is 1. The Hall–Kier alpha value is -0.960. The van der Waals surface area contributed by atoms with E-state index in [0.717, 1.165) is 14.9 Å². The second-order valence-corrected chi connectivity index (χ2v) is 8.00. The molecule has 1 amide bonds. The fourth-order valence-electron chi connectivity index (χ4n) is 2.39. The van der Waals surface area contributed by atoms with Crippen LogP contribution in [-0.4, -0.2) is 51.4 Å². The summed E-state index contributed by atoms with van der Waals surface area (Å²) in [6.45, 7) is 4.11. The Balaban J connectivity index is 2.11. The van der Waals surface area contributed by atoms with Crippen LogP contribution in [0.3, 0.4) is 0 Å². The molecule has 0 radical (unpaired) electrons. The van der Waals surface area contributed by atoms with E-state index >= 15 is 0 Å². The Kier molecular flexibility index (Phi) is 5.03. The number of halogens is 1. The van der Waals surface area contributed by atoms with Crippen molar-refractivity contribution in [1.29, 1.82) is 0 Å². The summed E-state index contributed by atoms with van der Waals surface area (Å²) >= 11 is 3.37. The van der Waals surface area contributed by atoms with Crippen LogP contribution in [0.4, 0.5) is 0 Å². The van der Waals surface area contributed by atoms with Crippen molar-refractivity contribution in [3.8, 4) is 0 Å². The normalized spacial score (nSPS) is 17.8. The van der Waals surface area contributed by atoms with Gasteiger partial charge in [0.05, 0.1) is 31.1 Å². The van der Waals surface area contributed by atoms with Crippen molar-refractivity contribution in [1.82, 2.24) is 4.31 Å². The van der Waals surface area contributed by atoms with Crippen molar-refractivity contribution >= 4 is 31.9 Å². The van der Waals surface area contributed by atoms with Gasteiger partial charge in [0.25, 0.3) is 5.91 Å². The summed E-state index contributed by atoms with van der Waals surface area (Å²) in [6, 6.07) is 5.02. The first kappa shape index (κ1) is 16.4. The molecule has 1 aliphatic heterocycles. The monoisotopic (exact) mass is 376 g/mol. The number of nitrogens with one attached hydrogen (secondary N) is 1. The Morgan fingerprint density at radius 2 is 2.00 bits per heavy atom. The number of quaternary nitrogens is 1. The molecule has 0 aromatic heterocycles. The zero-order valence-corrected chi connectivity index (χ0v) is 14.2. The number of hydrogen-bond donors (Lipinski definition) is 2. The van der Waals surface area contributed by atoms with Gasteiger partial charge in [0.15, 0.2) is 6.54 Å². The molecule has 0 bridgehead atoms. The number of sulfonamides is 1. The van der Waals surface area contributed by atoms with Crippen LogP contribution in [0.2, 0.25) is 0 Å². The fourth-order valence-corrected chi connectivity index (χ4v) is 4.17. The van der Waals surface area contributed by atoms with Gasteiger partial charge in [-0.2, -0.15) is 4.31 Å². The molecule has 8 heteroatoms. The molecular weight excluding hydrogens is 358 g/mol. The van der Waals surface area contributed by atoms with Gasteiger partial charge >= 0.3 is 0 Å². The van der Waals surface area contributed by atoms with Gasteiger partial charge in [-0.15, -0.1) is 0 Å². The zero-order chi connectivity index (χ0) is 15.6. The quantitative estimate of drug-likeness (QED) is 0.716. The minimum absolute atomic E-state index is 0.255. The summed E-state index contributed by atoms with van der Waals surface area (Å²) < 4.78 is 27.5. The third-order valence-corrected chi connectivity index (χ3v) is 6.41. The Labute approximate surface area is 133 Å². The lowest BCUT2D eigenvalue weighted by Crippen LogP contribution is -3.15. The summed E-state index contributed by atoms with van der Waals surface area (Å²) in [7, 11) is -3.47. The number of benzene rings is 1. The summed E-state index contributed by atoms with van der Waals surface area (Å²) in [5.41, 5.74) is 6.05. The number of nitrogens with two attached hydrogens (primary N) is 1. The Morgan fingerprint density at radius 1 is 1.38 bits per heavy atom. The molecule has 1 saturated heterocycles. The van der Waals surface area contributed by atoms with Crippen molar-refractivity contribution in [2.75, 3.05) is 32.7 Å². The zero-order valence-electron chi connectivity index (χ0n) is 11.8. The molecule has 1 aromatic rings. The van der Waals surface area contributed by atoms with Crippen molar-refractivity contribution < 1.29 is 18.1 Å². The second kappa shape index (κ2) is 6.43. The van der Waals surface area contributed by atoms with Gasteiger partial charge in [0.1, 0.15) is 0 Å². The van der Waals surface area contributed by atoms with E-state index in [1.54, 1.807) is 18.2 Å². The lowest BCUT2D eigenvalue weighted by atomic mass is 10.2. The van der Waals surface area contributed by atoms with Crippen LogP contribution in [0.25, 0.3) is 0 Å². The summed E-state index contributed by atoms with van der Waals surface area (Å²) in [4.78, 5) is 12.2. The first-order valence-corrected chi connectivity index (χ1v) is 8.92. The highest BCUT2D eigenvalue weighted by molar-refractivity contribution is 9.10. The largest absolute Gasteiger partial charge is 0.365 e. The molecule has 3 N–H and O–H groups in total. The van der Waals surface area contributed by atoms with Crippen LogP contribution in [0.15, 0.2) is 27.6 Å². The molecule has 0 aliphatic carbocycles. The maximum absolute atomic E-state index is 12.6. The average molecular weight is 377 g/mol. The SMILES string of the molecule is Cc1cc(S(=O)(=O)N2CC[NH+](CC(N)=O)CC2)ccc1Br. The number of aryl methyl sites for hydroxylation is 1. The van der Waals surface area contributed by atoms with E-state index in [4.69, 9.17) is 5.73 Å². The van der Waals surface area contributed by atoms with Crippen LogP contribution in [-0.2, 0) is 14.8 Å². The van der Waals surface area contributed by atoms with Gasteiger partial charge in [-0.1, -0.05) is 15.9 Å². The van der Waals surface area contributed by atoms with Crippen LogP contribution in [0.5, 0.6) is 0 Å². The van der Waals surface area contributed by atoms with Gasteiger partial charge in [0.2, 0.25) is 10.0 Å². The van der Waals surface area contributed by atoms with Crippen molar-refractivity contribution in [2.45, 2.75) is 11.8 Å². The topological polar surface area (TPSA) is 84.9 Å². The van der Waals surface area contributed by atoms with Gasteiger partial charge in [-0.25, -0.2) is 8.42 Å². The number of piperazine rings is 1. The molecule has 0 spiro atoms. The predicted molar refractivity (Wildman–Crippen MR) is 82.4 cm³/mol. The molecule has 116 valence electrons. The molecule has 21 heavy (non-hydrogen) atoms. The molecule has 0 saturated carbocycles. The van der Waals surface area contributed by atoms with Crippen molar-refractivity contribution in [3.63, 3.8) is 0 Å². The first-order chi connectivity index (χ1) is 9.80. The van der Waals surface area contributed by atoms with E-state index in [-0.39, 0.29) is 12.5 Å². The second-order valence-electron chi connectivity index (χ2n) is 5.21. The molecule has 0 unspecified atom stereocenters. The van der Waals surface area contributed by atoms with E-state index in [0.29, 0.717) is 31.1 Å². The van der Waals surface area contributed by atoms with Crippen LogP contribution in [0, 0.1) is 6.92 Å². The summed E-state index contributed by atoms with van der Waals surface area (Å²) in [6.07, 6.45) is 0. The summed E-state index contributed by atoms with van der Waals surface area (Å²) in [5, 5.41) is 0. The molecule has 2 rings (SSSR count). The van der Waals surface area contributed by atoms with E-state index < -0.39 is 10.0 Å². The number of carbonyl (C=O) groups excluding carboxylic acids is 1. The summed E-state index contributed by atoms with van der Waals surface area (Å²) in [5.74, 6) is -0.357. The maximum atomic E-state index is 12.6. The molecule has 6 nitrogen and oxygen atoms in total. The highest BCUT2D eigenvalue weighted by Gasteiger charge is 2.30. The van der Waals surface area contributed by atoms with Crippen molar-refractivity contribution in [3.05, 3.63) is 28.2 Å². The lowest BCUT2D eigenvalue weighted by Gasteiger charge is -2.30. The van der Waals surface area contributed by atoms with Gasteiger partial charge < -0.3 is 10.6 Å². The van der Waals surface area contributed by atoms with E-state index in [1.807, 2.05) is 6.92 Å². The third kappa shape index (κ3) is 3.82. The minimum Gasteiger partial charge on any atom is -0.365 e. The average Bonchev–Trinajstić information content (AvgIpc) is 2.41. The highest BCUT2D eigenvalue weighted by atomic mass is 79.9. The standard InChI is InChI=1S/C13H18BrN3O3S/c1-10-8-11(2-3-12(10)14)21(19,20)17-6-4-16(5-7-17)9-13(15)18/h2-3,8H,4-7,9H2,1H3,(H2,15,18)/p+1. The number of rotatable bonds is 4. The first-order valence-electron chi connectivity index (χ1n) is 6.69. The fraction of sp³-hybridized carbons (Fsp3) is 0.462. The Bertz CT molecular complexity index is 640. The van der Waals surface area contributed by atoms with Crippen LogP contribution >= 0.6 is 15.9 Å². The van der Waals surface area contributed by atoms with Crippen molar-refractivity contribution in [2.24, 2.45) is 5.73 Å². The number of amides is 1. The van der Waals surface area contributed by atoms with Gasteiger partial charge in [-0.3, -0.25) is 4.79 Å². The molecular formula is C13H19BrN3O3S+. The number of hydrogen-bond acceptors (Lipinski definition) is 3. The maximum Gasteiger partial charge on any atom is 0.272 e. The lowest BCUT2D eigenvalue weighted by molar-refractivity contribution is -0.895. The molecule has 1 aliphatic rings. The molecule has 1 heterocycles. The Morgan fingerprint density at radius 3 is 2.52 bits per heavy atom. The smallest absolute Gasteiger partial charge is 0.272 e. The van der Waals surface area contributed by atoms with Gasteiger partial charge in [0, 0.05) is 4.47 Å². The van der Waals surface area contributed by atoms with E-state index in [1.165, 1.54) is 4.31 Å². The molecule has 1 fully saturated rings. The molecule has 1 aromatic carbocycles. The van der Waals surface area contributed by atoms with Crippen LogP contribution < -0.4 is 10.6 Å². The van der Waals surface area contributed by atoms with E-state index in [9.17, 15) is 13.2 Å². The molecule has 0 atom stereocenters. The van der Waals surface area contributed by atoms with Gasteiger partial charge in [-0.05, 0) is 30.7 Å². The highest BCUT2D eigenvalue weighted by Crippen LogP contribution is 2.22. The van der Waals surface area contributed by atoms with E-state index in [2.05, 4.69) is 15.9 Å². The minimum atomic E-state index is -3.47. The predicted octanol–water partition coefficient (Wildman–Crippen LogP) is -0.868.